The molecule has 7 unspecified atom stereocenters. The first-order valence-corrected chi connectivity index (χ1v) is 43.3. The molecule has 0 saturated carbocycles. The monoisotopic (exact) mass is 1810 g/mol. The number of phosphoric acid groups is 1. The predicted molar refractivity (Wildman–Crippen MR) is 420 cm³/mol. The number of rotatable bonds is 60. The van der Waals surface area contributed by atoms with Crippen LogP contribution in [0.2, 0.25) is 0 Å². The number of likely N-dealkylation sites (tertiary alicyclic amines) is 1. The number of carbonyl (C=O) groups excluding carboxylic acids is 10. The Morgan fingerprint density at radius 3 is 1.35 bits per heavy atom. The first kappa shape index (κ1) is 109. The minimum atomic E-state index is -5.22. The van der Waals surface area contributed by atoms with Gasteiger partial charge in [0.25, 0.3) is 7.82 Å². The molecule has 5 saturated heterocycles. The summed E-state index contributed by atoms with van der Waals surface area (Å²) in [7, 11) is -5.22. The number of aliphatic hydroxyl groups is 13. The second-order valence-corrected chi connectivity index (χ2v) is 33.3. The number of hydrogen-bond donors (Lipinski definition) is 20. The van der Waals surface area contributed by atoms with Crippen LogP contribution in [0.5, 0.6) is 0 Å². The van der Waals surface area contributed by atoms with Crippen LogP contribution in [-0.4, -0.2) is 403 Å². The van der Waals surface area contributed by atoms with Gasteiger partial charge in [0.15, 0.2) is 30.9 Å². The lowest BCUT2D eigenvalue weighted by Gasteiger charge is -2.42. The highest BCUT2D eigenvalue weighted by atomic mass is 31.2. The molecule has 5 aliphatic rings. The third kappa shape index (κ3) is 35.7. The van der Waals surface area contributed by atoms with Gasteiger partial charge in [-0.15, -0.1) is 0 Å². The third-order valence-electron chi connectivity index (χ3n) is 22.4. The molecule has 26 atom stereocenters. The van der Waals surface area contributed by atoms with Crippen molar-refractivity contribution in [1.29, 1.82) is 0 Å². The Hall–Kier alpha value is -5.59. The Bertz CT molecular complexity index is 3320. The zero-order valence-corrected chi connectivity index (χ0v) is 72.0. The molecule has 716 valence electrons. The number of ether oxygens (including phenoxy) is 12. The molecule has 5 heterocycles. The van der Waals surface area contributed by atoms with Crippen LogP contribution in [0.3, 0.4) is 0 Å². The SMILES string of the molecule is CC(=O)N[C@H]1C(OCCOCCCC(=O)C(CCC(=O)NCCOCCOC2O[C@H](CO)[C@H](O)[C@H](O)[C@H]2NC(C)=O)NC(=O)CC[C@H](CC(=O)CCCC(=O)N2C[C@](C)(CO)[C@](C)(COP(=O)([O-])O)C2)C(=O)NC(CCC(=O)CCCOCCOC2O[C@H](CO)[C@H](O)[C@H](O)[C@H]2C)C(=O)NCCOCCOC2O[C@H](CO)[C@H](O)[C@H](O)[C@H]2C)O[C@H](CO)[C@H](O)[C@@H]1O. The lowest BCUT2D eigenvalue weighted by molar-refractivity contribution is -0.284. The molecule has 0 aromatic heterocycles. The number of amides is 7. The molecule has 124 heavy (non-hydrogen) atoms. The summed E-state index contributed by atoms with van der Waals surface area (Å²) in [4.78, 5) is 159. The van der Waals surface area contributed by atoms with Gasteiger partial charge in [-0.3, -0.25) is 52.5 Å². The summed E-state index contributed by atoms with van der Waals surface area (Å²) in [5, 5.41) is 148. The number of Topliss-reactive ketones (excluding diaryl/α,β-unsaturated/α-hetero) is 3. The summed E-state index contributed by atoms with van der Waals surface area (Å²) in [5.41, 5.74) is -2.29. The lowest BCUT2D eigenvalue weighted by atomic mass is 9.69. The molecule has 47 heteroatoms. The van der Waals surface area contributed by atoms with Crippen LogP contribution in [0.1, 0.15) is 131 Å². The van der Waals surface area contributed by atoms with Gasteiger partial charge in [0.1, 0.15) is 90.7 Å². The normalized spacial score (nSPS) is 30.7. The number of carbonyl (C=O) groups is 10. The van der Waals surface area contributed by atoms with Gasteiger partial charge in [0, 0.05) is 133 Å². The molecule has 20 N–H and O–H groups in total. The van der Waals surface area contributed by atoms with E-state index in [2.05, 4.69) is 31.9 Å². The smallest absolute Gasteiger partial charge is 0.265 e. The summed E-state index contributed by atoms with van der Waals surface area (Å²) >= 11 is 0. The van der Waals surface area contributed by atoms with E-state index in [4.69, 9.17) is 61.4 Å². The van der Waals surface area contributed by atoms with Crippen LogP contribution in [0.4, 0.5) is 0 Å². The van der Waals surface area contributed by atoms with E-state index in [1.165, 1.54) is 11.8 Å². The van der Waals surface area contributed by atoms with Crippen LogP contribution >= 0.6 is 7.82 Å². The summed E-state index contributed by atoms with van der Waals surface area (Å²) in [6, 6.07) is -5.34. The van der Waals surface area contributed by atoms with Crippen molar-refractivity contribution < 1.29 is 190 Å². The van der Waals surface area contributed by atoms with Crippen molar-refractivity contribution in [1.82, 2.24) is 36.8 Å². The Morgan fingerprint density at radius 2 is 0.879 bits per heavy atom. The van der Waals surface area contributed by atoms with Crippen molar-refractivity contribution in [3.63, 3.8) is 0 Å². The highest BCUT2D eigenvalue weighted by Crippen LogP contribution is 2.49. The van der Waals surface area contributed by atoms with E-state index in [1.807, 2.05) is 0 Å². The fourth-order valence-electron chi connectivity index (χ4n) is 14.6. The third-order valence-corrected chi connectivity index (χ3v) is 22.9. The van der Waals surface area contributed by atoms with E-state index >= 15 is 0 Å². The summed E-state index contributed by atoms with van der Waals surface area (Å²) in [5.74, 6) is -9.27. The van der Waals surface area contributed by atoms with Gasteiger partial charge in [-0.1, -0.05) is 27.7 Å². The fourth-order valence-corrected chi connectivity index (χ4v) is 15.0. The quantitative estimate of drug-likeness (QED) is 0.0199. The lowest BCUT2D eigenvalue weighted by Crippen LogP contribution is -2.64. The predicted octanol–water partition coefficient (Wildman–Crippen LogP) is -8.53. The molecule has 0 spiro atoms. The van der Waals surface area contributed by atoms with Gasteiger partial charge in [0.05, 0.1) is 124 Å². The van der Waals surface area contributed by atoms with Crippen LogP contribution in [0.15, 0.2) is 0 Å². The first-order valence-electron chi connectivity index (χ1n) is 41.8. The van der Waals surface area contributed by atoms with Gasteiger partial charge in [-0.25, -0.2) is 0 Å². The van der Waals surface area contributed by atoms with Crippen LogP contribution in [0.25, 0.3) is 0 Å². The molecule has 0 aliphatic carbocycles. The van der Waals surface area contributed by atoms with Gasteiger partial charge >= 0.3 is 0 Å². The Balaban J connectivity index is 1.31. The second-order valence-electron chi connectivity index (χ2n) is 32.1. The van der Waals surface area contributed by atoms with E-state index in [9.17, 15) is 129 Å². The van der Waals surface area contributed by atoms with E-state index in [0.29, 0.717) is 0 Å². The van der Waals surface area contributed by atoms with Crippen molar-refractivity contribution >= 4 is 66.5 Å². The van der Waals surface area contributed by atoms with Crippen molar-refractivity contribution in [3.8, 4) is 0 Å². The number of phosphoric ester groups is 1. The standard InChI is InChI=1S/C77H134N7O39P/c1-43-62(98)64(100)53(35-85)120-72(43)115-30-26-111-22-8-11-48(92)15-16-51(71(107)79-21-25-114-28-31-116-73-44(2)63(99)65(101)54(36-86)121-73)83-70(106)47(34-49(93)10-7-13-59(97)84-39-76(5,41-89)77(6,40-84)42-119-124(108,109)110)14-18-58(96)82-50(52(94)12-9-23-112-27-32-117-74-60(80-45(3)90)68(104)66(102)55(37-87)122-74)17-19-57(95)78-20-24-113-29-33-118-75-61(81-46(4)91)69(105)67(103)56(38-88)123-75/h43-44,47,50-51,53-56,60-69,72-75,85-89,98-105H,7-42H2,1-6H3,(H,78,95)(H,79,107)(H,80,90)(H,81,91)(H,82,96)(H,83,106)(H2,108,109,110)/p-1/t43-,44-,47-,50?,51?,53-,54-,55-,56-,60-,61-,62-,63-,64+,65+,66+,67+,68-,69-,72?,73?,74?,75?,76-,77+/m1/s1. The highest BCUT2D eigenvalue weighted by molar-refractivity contribution is 7.44. The number of nitrogens with zero attached hydrogens (tertiary/aromatic N) is 1. The van der Waals surface area contributed by atoms with Crippen molar-refractivity contribution in [2.24, 2.45) is 28.6 Å². The average Bonchev–Trinajstić information content (AvgIpc) is 1.61. The first-order chi connectivity index (χ1) is 58.8. The zero-order chi connectivity index (χ0) is 92.0. The molecule has 0 bridgehead atoms. The van der Waals surface area contributed by atoms with Crippen LogP contribution in [-0.2, 0) is 114 Å². The van der Waals surface area contributed by atoms with E-state index in [1.54, 1.807) is 27.7 Å². The van der Waals surface area contributed by atoms with Gasteiger partial charge in [0.2, 0.25) is 41.4 Å². The number of nitrogens with one attached hydrogen (secondary N) is 6. The molecular weight excluding hydrogens is 1680 g/mol. The molecule has 5 fully saturated rings. The van der Waals surface area contributed by atoms with Crippen molar-refractivity contribution in [2.75, 3.05) is 145 Å². The van der Waals surface area contributed by atoms with Gasteiger partial charge < -0.3 is 174 Å². The molecule has 46 nitrogen and oxygen atoms in total. The minimum absolute atomic E-state index is 0.0156. The van der Waals surface area contributed by atoms with E-state index in [0.717, 1.165) is 6.92 Å². The Labute approximate surface area is 718 Å². The Kier molecular flexibility index (Phi) is 48.7. The van der Waals surface area contributed by atoms with Crippen LogP contribution in [0, 0.1) is 28.6 Å². The maximum Gasteiger partial charge on any atom is 0.265 e. The summed E-state index contributed by atoms with van der Waals surface area (Å²) in [6.45, 7) is 3.43. The second kappa shape index (κ2) is 55.4. The largest absolute Gasteiger partial charge is 0.756 e. The number of ketones is 3. The number of hydrogen-bond acceptors (Lipinski definition) is 38. The molecule has 7 amide bonds. The van der Waals surface area contributed by atoms with Crippen molar-refractivity contribution in [2.45, 2.75) is 254 Å². The topological polar surface area (TPSA) is 689 Å². The fraction of sp³-hybridized carbons (Fsp3) is 0.870. The maximum absolute atomic E-state index is 14.9. The molecular formula is C77H133N7O39P-. The highest BCUT2D eigenvalue weighted by Gasteiger charge is 2.54. The van der Waals surface area contributed by atoms with E-state index in [-0.39, 0.29) is 182 Å². The maximum atomic E-state index is 14.9. The van der Waals surface area contributed by atoms with Crippen molar-refractivity contribution in [3.05, 3.63) is 0 Å². The average molecular weight is 1810 g/mol. The zero-order valence-electron chi connectivity index (χ0n) is 71.1. The minimum Gasteiger partial charge on any atom is -0.756 e. The Morgan fingerprint density at radius 1 is 0.460 bits per heavy atom. The molecule has 5 rings (SSSR count). The van der Waals surface area contributed by atoms with Gasteiger partial charge in [-0.05, 0) is 38.5 Å². The summed E-state index contributed by atoms with van der Waals surface area (Å²) in [6.07, 6.45) is -24.6. The van der Waals surface area contributed by atoms with Crippen LogP contribution < -0.4 is 36.8 Å². The molecule has 0 aromatic carbocycles. The molecule has 0 radical (unpaired) electrons. The number of aliphatic hydroxyl groups excluding tert-OH is 13. The molecule has 5 aliphatic heterocycles. The van der Waals surface area contributed by atoms with Gasteiger partial charge in [-0.2, -0.15) is 0 Å². The summed E-state index contributed by atoms with van der Waals surface area (Å²) < 4.78 is 83.9. The molecule has 0 aromatic rings. The van der Waals surface area contributed by atoms with E-state index < -0.39 is 271 Å².